The van der Waals surface area contributed by atoms with Crippen LogP contribution in [0.25, 0.3) is 5.69 Å². The second-order valence-corrected chi connectivity index (χ2v) is 8.10. The normalized spacial score (nSPS) is 18.8. The van der Waals surface area contributed by atoms with Crippen LogP contribution in [0.1, 0.15) is 16.9 Å². The summed E-state index contributed by atoms with van der Waals surface area (Å²) in [6, 6.07) is 15.3. The topological polar surface area (TPSA) is 44.5 Å². The van der Waals surface area contributed by atoms with Crippen LogP contribution in [-0.2, 0) is 13.1 Å². The second kappa shape index (κ2) is 8.80. The number of hydrogen-bond donors (Lipinski definition) is 1. The Kier molecular flexibility index (Phi) is 5.99. The molecule has 0 aliphatic carbocycles. The van der Waals surface area contributed by atoms with Gasteiger partial charge in [-0.3, -0.25) is 9.80 Å². The molecule has 6 heteroatoms. The van der Waals surface area contributed by atoms with E-state index >= 15 is 0 Å². The molecule has 0 bridgehead atoms. The number of aliphatic hydroxyl groups is 1. The number of thiophene rings is 1. The molecule has 3 heterocycles. The zero-order valence-electron chi connectivity index (χ0n) is 15.4. The van der Waals surface area contributed by atoms with Gasteiger partial charge in [-0.15, -0.1) is 11.3 Å². The van der Waals surface area contributed by atoms with E-state index in [1.807, 2.05) is 28.3 Å². The van der Waals surface area contributed by atoms with Crippen molar-refractivity contribution in [3.8, 4) is 5.69 Å². The molecule has 1 fully saturated rings. The van der Waals surface area contributed by atoms with Gasteiger partial charge in [0.2, 0.25) is 0 Å². The van der Waals surface area contributed by atoms with Crippen LogP contribution in [0.3, 0.4) is 0 Å². The highest BCUT2D eigenvalue weighted by molar-refractivity contribution is 7.09. The number of aliphatic hydroxyl groups excluding tert-OH is 1. The Morgan fingerprint density at radius 1 is 1.07 bits per heavy atom. The third kappa shape index (κ3) is 4.65. The SMILES string of the molecule is OCC[C@@H]1CN(Cc2ccc(-n3cccn3)cc2)CCN1Cc1cccs1. The lowest BCUT2D eigenvalue weighted by molar-refractivity contribution is 0.0506. The molecule has 0 amide bonds. The van der Waals surface area contributed by atoms with Crippen LogP contribution in [0.5, 0.6) is 0 Å². The molecule has 3 aromatic rings. The van der Waals surface area contributed by atoms with Gasteiger partial charge in [-0.05, 0) is 41.6 Å². The summed E-state index contributed by atoms with van der Waals surface area (Å²) in [6.45, 7) is 5.32. The first-order valence-electron chi connectivity index (χ1n) is 9.50. The Hall–Kier alpha value is -1.99. The van der Waals surface area contributed by atoms with Crippen molar-refractivity contribution in [2.45, 2.75) is 25.6 Å². The largest absolute Gasteiger partial charge is 0.396 e. The first-order valence-corrected chi connectivity index (χ1v) is 10.4. The maximum Gasteiger partial charge on any atom is 0.0645 e. The van der Waals surface area contributed by atoms with Gasteiger partial charge in [0.15, 0.2) is 0 Å². The Morgan fingerprint density at radius 3 is 2.67 bits per heavy atom. The highest BCUT2D eigenvalue weighted by Crippen LogP contribution is 2.20. The molecule has 4 rings (SSSR count). The molecule has 1 saturated heterocycles. The summed E-state index contributed by atoms with van der Waals surface area (Å²) in [5, 5.41) is 15.9. The molecule has 1 atom stereocenters. The van der Waals surface area contributed by atoms with Gasteiger partial charge < -0.3 is 5.11 Å². The third-order valence-corrected chi connectivity index (χ3v) is 6.06. The smallest absolute Gasteiger partial charge is 0.0645 e. The number of benzene rings is 1. The van der Waals surface area contributed by atoms with Crippen molar-refractivity contribution in [1.29, 1.82) is 0 Å². The van der Waals surface area contributed by atoms with Crippen molar-refractivity contribution in [2.24, 2.45) is 0 Å². The number of aromatic nitrogens is 2. The zero-order valence-corrected chi connectivity index (χ0v) is 16.3. The Bertz CT molecular complexity index is 801. The first-order chi connectivity index (χ1) is 13.3. The minimum Gasteiger partial charge on any atom is -0.396 e. The van der Waals surface area contributed by atoms with Gasteiger partial charge in [-0.1, -0.05) is 18.2 Å². The van der Waals surface area contributed by atoms with Crippen molar-refractivity contribution >= 4 is 11.3 Å². The molecule has 1 aliphatic rings. The summed E-state index contributed by atoms with van der Waals surface area (Å²) in [4.78, 5) is 6.44. The highest BCUT2D eigenvalue weighted by atomic mass is 32.1. The van der Waals surface area contributed by atoms with Gasteiger partial charge in [0.1, 0.15) is 0 Å². The molecule has 1 aromatic carbocycles. The number of rotatable bonds is 7. The molecular weight excluding hydrogens is 356 g/mol. The lowest BCUT2D eigenvalue weighted by Crippen LogP contribution is -2.52. The molecular formula is C21H26N4OS. The molecule has 5 nitrogen and oxygen atoms in total. The lowest BCUT2D eigenvalue weighted by Gasteiger charge is -2.41. The fourth-order valence-corrected chi connectivity index (χ4v) is 4.50. The van der Waals surface area contributed by atoms with Crippen LogP contribution in [0.15, 0.2) is 60.2 Å². The molecule has 0 unspecified atom stereocenters. The summed E-state index contributed by atoms with van der Waals surface area (Å²) in [7, 11) is 0. The maximum absolute atomic E-state index is 9.51. The van der Waals surface area contributed by atoms with Gasteiger partial charge >= 0.3 is 0 Å². The van der Waals surface area contributed by atoms with Gasteiger partial charge in [0.25, 0.3) is 0 Å². The van der Waals surface area contributed by atoms with Crippen LogP contribution >= 0.6 is 11.3 Å². The van der Waals surface area contributed by atoms with E-state index in [0.29, 0.717) is 6.04 Å². The quantitative estimate of drug-likeness (QED) is 0.682. The van der Waals surface area contributed by atoms with E-state index in [1.165, 1.54) is 10.4 Å². The van der Waals surface area contributed by atoms with Crippen LogP contribution in [-0.4, -0.2) is 57.0 Å². The molecule has 1 aliphatic heterocycles. The predicted octanol–water partition coefficient (Wildman–Crippen LogP) is 3.00. The van der Waals surface area contributed by atoms with E-state index in [4.69, 9.17) is 0 Å². The monoisotopic (exact) mass is 382 g/mol. The summed E-state index contributed by atoms with van der Waals surface area (Å²) < 4.78 is 1.88. The summed E-state index contributed by atoms with van der Waals surface area (Å²) >= 11 is 1.82. The average Bonchev–Trinajstić information content (AvgIpc) is 3.39. The Morgan fingerprint density at radius 2 is 1.96 bits per heavy atom. The van der Waals surface area contributed by atoms with E-state index in [2.05, 4.69) is 56.7 Å². The van der Waals surface area contributed by atoms with E-state index in [-0.39, 0.29) is 6.61 Å². The van der Waals surface area contributed by atoms with Crippen molar-refractivity contribution in [2.75, 3.05) is 26.2 Å². The Balaban J connectivity index is 1.37. The van der Waals surface area contributed by atoms with Gasteiger partial charge in [0, 0.05) is 62.6 Å². The third-order valence-electron chi connectivity index (χ3n) is 5.20. The summed E-state index contributed by atoms with van der Waals surface area (Å²) in [6.07, 6.45) is 4.59. The van der Waals surface area contributed by atoms with Gasteiger partial charge in [-0.25, -0.2) is 4.68 Å². The van der Waals surface area contributed by atoms with Crippen LogP contribution in [0.4, 0.5) is 0 Å². The van der Waals surface area contributed by atoms with Gasteiger partial charge in [-0.2, -0.15) is 5.10 Å². The van der Waals surface area contributed by atoms with Gasteiger partial charge in [0.05, 0.1) is 5.69 Å². The predicted molar refractivity (Wildman–Crippen MR) is 109 cm³/mol. The molecule has 0 radical (unpaired) electrons. The van der Waals surface area contributed by atoms with Crippen LogP contribution in [0.2, 0.25) is 0 Å². The van der Waals surface area contributed by atoms with E-state index in [0.717, 1.165) is 44.8 Å². The van der Waals surface area contributed by atoms with E-state index in [9.17, 15) is 5.11 Å². The van der Waals surface area contributed by atoms with Crippen molar-refractivity contribution in [1.82, 2.24) is 19.6 Å². The fourth-order valence-electron chi connectivity index (χ4n) is 3.77. The van der Waals surface area contributed by atoms with Crippen molar-refractivity contribution in [3.63, 3.8) is 0 Å². The van der Waals surface area contributed by atoms with Crippen LogP contribution < -0.4 is 0 Å². The number of piperazine rings is 1. The molecule has 1 N–H and O–H groups in total. The molecule has 27 heavy (non-hydrogen) atoms. The minimum absolute atomic E-state index is 0.248. The van der Waals surface area contributed by atoms with Crippen molar-refractivity contribution in [3.05, 3.63) is 70.7 Å². The van der Waals surface area contributed by atoms with E-state index < -0.39 is 0 Å². The zero-order chi connectivity index (χ0) is 18.5. The van der Waals surface area contributed by atoms with E-state index in [1.54, 1.807) is 6.20 Å². The summed E-state index contributed by atoms with van der Waals surface area (Å²) in [5.74, 6) is 0. The maximum atomic E-state index is 9.51. The number of nitrogens with zero attached hydrogens (tertiary/aromatic N) is 4. The Labute approximate surface area is 164 Å². The number of hydrogen-bond acceptors (Lipinski definition) is 5. The van der Waals surface area contributed by atoms with Crippen molar-refractivity contribution < 1.29 is 5.11 Å². The fraction of sp³-hybridized carbons (Fsp3) is 0.381. The second-order valence-electron chi connectivity index (χ2n) is 7.07. The standard InChI is InChI=1S/C21H26N4OS/c26-13-8-20-16-23(11-12-24(20)17-21-3-1-14-27-21)15-18-4-6-19(7-5-18)25-10-2-9-22-25/h1-7,9-10,14,20,26H,8,11-13,15-17H2/t20-/m1/s1. The summed E-state index contributed by atoms with van der Waals surface area (Å²) in [5.41, 5.74) is 2.41. The minimum atomic E-state index is 0.248. The molecule has 142 valence electrons. The molecule has 2 aromatic heterocycles. The lowest BCUT2D eigenvalue weighted by atomic mass is 10.1. The highest BCUT2D eigenvalue weighted by Gasteiger charge is 2.26. The first kappa shape index (κ1) is 18.4. The molecule has 0 spiro atoms. The van der Waals surface area contributed by atoms with Crippen LogP contribution in [0, 0.1) is 0 Å². The molecule has 0 saturated carbocycles. The average molecular weight is 383 g/mol.